The summed E-state index contributed by atoms with van der Waals surface area (Å²) < 4.78 is 5.76. The van der Waals surface area contributed by atoms with Crippen molar-refractivity contribution in [3.05, 3.63) is 47.5 Å². The van der Waals surface area contributed by atoms with Crippen molar-refractivity contribution in [3.63, 3.8) is 0 Å². The smallest absolute Gasteiger partial charge is 0.0991 e. The van der Waals surface area contributed by atoms with Gasteiger partial charge in [0.15, 0.2) is 0 Å². The van der Waals surface area contributed by atoms with Crippen LogP contribution in [-0.4, -0.2) is 13.2 Å². The molecule has 2 nitrogen and oxygen atoms in total. The second kappa shape index (κ2) is 10.2. The number of ether oxygens (including phenoxy) is 1. The van der Waals surface area contributed by atoms with E-state index in [1.165, 1.54) is 37.7 Å². The van der Waals surface area contributed by atoms with Gasteiger partial charge >= 0.3 is 0 Å². The Morgan fingerprint density at radius 1 is 1.13 bits per heavy atom. The Bertz CT molecular complexity index is 504. The van der Waals surface area contributed by atoms with Gasteiger partial charge < -0.3 is 4.74 Å². The van der Waals surface area contributed by atoms with Gasteiger partial charge in [-0.25, -0.2) is 0 Å². The molecule has 2 heteroatoms. The first-order valence-corrected chi connectivity index (χ1v) is 9.02. The first kappa shape index (κ1) is 17.8. The van der Waals surface area contributed by atoms with Gasteiger partial charge in [0.2, 0.25) is 0 Å². The Morgan fingerprint density at radius 3 is 2.52 bits per heavy atom. The number of hydrogen-bond donors (Lipinski definition) is 0. The van der Waals surface area contributed by atoms with E-state index in [1.807, 2.05) is 12.1 Å². The fourth-order valence-corrected chi connectivity index (χ4v) is 3.44. The zero-order chi connectivity index (χ0) is 16.3. The summed E-state index contributed by atoms with van der Waals surface area (Å²) in [6.45, 7) is 3.88. The summed E-state index contributed by atoms with van der Waals surface area (Å²) in [5.41, 5.74) is 2.16. The zero-order valence-corrected chi connectivity index (χ0v) is 14.3. The van der Waals surface area contributed by atoms with E-state index in [4.69, 9.17) is 10.00 Å². The molecule has 23 heavy (non-hydrogen) atoms. The number of hydrogen-bond acceptors (Lipinski definition) is 2. The van der Waals surface area contributed by atoms with Crippen LogP contribution >= 0.6 is 0 Å². The van der Waals surface area contributed by atoms with Gasteiger partial charge in [-0.1, -0.05) is 24.3 Å². The summed E-state index contributed by atoms with van der Waals surface area (Å²) in [7, 11) is 0. The number of nitrogens with zero attached hydrogens (tertiary/aromatic N) is 1. The van der Waals surface area contributed by atoms with Crippen LogP contribution in [0.25, 0.3) is 0 Å². The fraction of sp³-hybridized carbons (Fsp3) is 0.571. The molecule has 1 aromatic rings. The van der Waals surface area contributed by atoms with Crippen molar-refractivity contribution >= 4 is 0 Å². The maximum Gasteiger partial charge on any atom is 0.0991 e. The van der Waals surface area contributed by atoms with Gasteiger partial charge in [0.25, 0.3) is 0 Å². The Hall–Kier alpha value is -1.59. The summed E-state index contributed by atoms with van der Waals surface area (Å²) in [6, 6.07) is 10.4. The van der Waals surface area contributed by atoms with Gasteiger partial charge in [-0.15, -0.1) is 0 Å². The third-order valence-corrected chi connectivity index (χ3v) is 4.92. The molecule has 0 spiro atoms. The lowest BCUT2D eigenvalue weighted by atomic mass is 9.77. The molecular weight excluding hydrogens is 282 g/mol. The first-order valence-electron chi connectivity index (χ1n) is 9.02. The highest BCUT2D eigenvalue weighted by Gasteiger charge is 2.22. The highest BCUT2D eigenvalue weighted by atomic mass is 16.5. The molecule has 1 fully saturated rings. The Balaban J connectivity index is 1.61. The fourth-order valence-electron chi connectivity index (χ4n) is 3.44. The van der Waals surface area contributed by atoms with Crippen molar-refractivity contribution in [2.75, 3.05) is 13.2 Å². The number of rotatable bonds is 8. The molecule has 1 aliphatic carbocycles. The Kier molecular flexibility index (Phi) is 7.90. The van der Waals surface area contributed by atoms with Gasteiger partial charge in [-0.05, 0) is 81.4 Å². The van der Waals surface area contributed by atoms with Crippen LogP contribution in [0.3, 0.4) is 0 Å². The lowest BCUT2D eigenvalue weighted by molar-refractivity contribution is 0.111. The normalized spacial score (nSPS) is 21.4. The molecule has 0 radical (unpaired) electrons. The largest absolute Gasteiger partial charge is 0.381 e. The van der Waals surface area contributed by atoms with Crippen molar-refractivity contribution in [2.24, 2.45) is 5.92 Å². The molecule has 0 unspecified atom stereocenters. The number of benzene rings is 1. The molecular formula is C21H29NO. The Labute approximate surface area is 141 Å². The average Bonchev–Trinajstić information content (AvgIpc) is 2.61. The molecule has 0 atom stereocenters. The van der Waals surface area contributed by atoms with E-state index in [0.29, 0.717) is 5.92 Å². The number of nitriles is 1. The molecule has 0 aromatic heterocycles. The SMILES string of the molecule is C/C=C/CCCOCCC1CCC(c2ccc(C#N)cc2)CC1. The van der Waals surface area contributed by atoms with Crippen LogP contribution in [0.1, 0.15) is 68.9 Å². The highest BCUT2D eigenvalue weighted by molar-refractivity contribution is 5.33. The van der Waals surface area contributed by atoms with Gasteiger partial charge in [-0.3, -0.25) is 0 Å². The summed E-state index contributed by atoms with van der Waals surface area (Å²) in [6.07, 6.45) is 13.0. The van der Waals surface area contributed by atoms with Crippen LogP contribution < -0.4 is 0 Å². The molecule has 0 N–H and O–H groups in total. The second-order valence-corrected chi connectivity index (χ2v) is 6.56. The third-order valence-electron chi connectivity index (χ3n) is 4.92. The summed E-state index contributed by atoms with van der Waals surface area (Å²) in [5, 5.41) is 8.87. The Morgan fingerprint density at radius 2 is 1.87 bits per heavy atom. The van der Waals surface area contributed by atoms with Gasteiger partial charge in [-0.2, -0.15) is 5.26 Å². The predicted molar refractivity (Wildman–Crippen MR) is 95.3 cm³/mol. The second-order valence-electron chi connectivity index (χ2n) is 6.56. The van der Waals surface area contributed by atoms with Crippen molar-refractivity contribution < 1.29 is 4.74 Å². The van der Waals surface area contributed by atoms with Crippen LogP contribution in [0.15, 0.2) is 36.4 Å². The van der Waals surface area contributed by atoms with Gasteiger partial charge in [0, 0.05) is 13.2 Å². The minimum atomic E-state index is 0.681. The minimum Gasteiger partial charge on any atom is -0.381 e. The summed E-state index contributed by atoms with van der Waals surface area (Å²) in [5.74, 6) is 1.51. The molecule has 0 aliphatic heterocycles. The van der Waals surface area contributed by atoms with E-state index in [0.717, 1.165) is 37.5 Å². The molecule has 0 heterocycles. The van der Waals surface area contributed by atoms with Crippen LogP contribution in [0, 0.1) is 17.2 Å². The lowest BCUT2D eigenvalue weighted by Crippen LogP contribution is -2.15. The monoisotopic (exact) mass is 311 g/mol. The molecule has 0 bridgehead atoms. The van der Waals surface area contributed by atoms with E-state index >= 15 is 0 Å². The maximum atomic E-state index is 8.87. The van der Waals surface area contributed by atoms with E-state index in [9.17, 15) is 0 Å². The standard InChI is InChI=1S/C21H29NO/c1-2-3-4-5-15-23-16-14-18-6-10-20(11-7-18)21-12-8-19(17-22)9-13-21/h2-3,8-9,12-13,18,20H,4-7,10-11,14-16H2,1H3/b3-2+. The number of allylic oxidation sites excluding steroid dienone is 2. The van der Waals surface area contributed by atoms with Crippen molar-refractivity contribution in [3.8, 4) is 6.07 Å². The molecule has 0 amide bonds. The van der Waals surface area contributed by atoms with Crippen LogP contribution in [0.5, 0.6) is 0 Å². The molecule has 2 rings (SSSR count). The van der Waals surface area contributed by atoms with E-state index < -0.39 is 0 Å². The third kappa shape index (κ3) is 6.20. The molecule has 1 saturated carbocycles. The van der Waals surface area contributed by atoms with E-state index in [2.05, 4.69) is 37.3 Å². The molecule has 1 aliphatic rings. The van der Waals surface area contributed by atoms with Crippen LogP contribution in [0.4, 0.5) is 0 Å². The topological polar surface area (TPSA) is 33.0 Å². The quantitative estimate of drug-likeness (QED) is 0.463. The van der Waals surface area contributed by atoms with E-state index in [1.54, 1.807) is 0 Å². The molecule has 124 valence electrons. The lowest BCUT2D eigenvalue weighted by Gasteiger charge is -2.28. The number of unbranched alkanes of at least 4 members (excludes halogenated alkanes) is 1. The van der Waals surface area contributed by atoms with Crippen LogP contribution in [-0.2, 0) is 4.74 Å². The predicted octanol–water partition coefficient (Wildman–Crippen LogP) is 5.60. The van der Waals surface area contributed by atoms with Crippen molar-refractivity contribution in [2.45, 2.75) is 57.8 Å². The van der Waals surface area contributed by atoms with E-state index in [-0.39, 0.29) is 0 Å². The highest BCUT2D eigenvalue weighted by Crippen LogP contribution is 2.37. The summed E-state index contributed by atoms with van der Waals surface area (Å²) >= 11 is 0. The molecule has 1 aromatic carbocycles. The minimum absolute atomic E-state index is 0.681. The van der Waals surface area contributed by atoms with Crippen LogP contribution in [0.2, 0.25) is 0 Å². The zero-order valence-electron chi connectivity index (χ0n) is 14.3. The maximum absolute atomic E-state index is 8.87. The first-order chi connectivity index (χ1) is 11.3. The summed E-state index contributed by atoms with van der Waals surface area (Å²) in [4.78, 5) is 0. The van der Waals surface area contributed by atoms with Crippen molar-refractivity contribution in [1.82, 2.24) is 0 Å². The average molecular weight is 311 g/mol. The molecule has 0 saturated heterocycles. The van der Waals surface area contributed by atoms with Crippen molar-refractivity contribution in [1.29, 1.82) is 5.26 Å². The van der Waals surface area contributed by atoms with Gasteiger partial charge in [0.1, 0.15) is 0 Å². The van der Waals surface area contributed by atoms with Gasteiger partial charge in [0.05, 0.1) is 11.6 Å².